The average Bonchev–Trinajstić information content (AvgIpc) is 3.25. The summed E-state index contributed by atoms with van der Waals surface area (Å²) in [4.78, 5) is 0. The summed E-state index contributed by atoms with van der Waals surface area (Å²) in [6.45, 7) is 14.4. The van der Waals surface area contributed by atoms with E-state index in [1.807, 2.05) is 40.9 Å². The first-order chi connectivity index (χ1) is 14.0. The predicted octanol–water partition coefficient (Wildman–Crippen LogP) is 6.92. The van der Waals surface area contributed by atoms with Crippen LogP contribution in [0.4, 0.5) is 0 Å². The van der Waals surface area contributed by atoms with Gasteiger partial charge in [0.1, 0.15) is 10.6 Å². The van der Waals surface area contributed by atoms with Crippen molar-refractivity contribution in [3.8, 4) is 0 Å². The Hall–Kier alpha value is 0.418. The maximum absolute atomic E-state index is 2.89. The van der Waals surface area contributed by atoms with Crippen LogP contribution in [0.15, 0.2) is 54.6 Å². The predicted molar refractivity (Wildman–Crippen MR) is 144 cm³/mol. The third kappa shape index (κ3) is 8.08. The van der Waals surface area contributed by atoms with Crippen molar-refractivity contribution in [2.24, 2.45) is 0 Å². The molecule has 0 spiro atoms. The summed E-state index contributed by atoms with van der Waals surface area (Å²) in [5.74, 6) is 0. The van der Waals surface area contributed by atoms with Gasteiger partial charge in [-0.1, -0.05) is 12.1 Å². The van der Waals surface area contributed by atoms with Gasteiger partial charge in [0, 0.05) is 36.9 Å². The van der Waals surface area contributed by atoms with Gasteiger partial charge in [0.25, 0.3) is 0 Å². The van der Waals surface area contributed by atoms with Gasteiger partial charge >= 0.3 is 0 Å². The van der Waals surface area contributed by atoms with Gasteiger partial charge in [-0.3, -0.25) is 0 Å². The minimum Gasteiger partial charge on any atom is -0.184 e. The summed E-state index contributed by atoms with van der Waals surface area (Å²) in [7, 11) is 0.419. The molecule has 2 aromatic carbocycles. The molecular formula is C26H42P3Pt+. The zero-order chi connectivity index (χ0) is 21.2. The van der Waals surface area contributed by atoms with Crippen molar-refractivity contribution in [1.82, 2.24) is 0 Å². The minimum atomic E-state index is -0.332. The smallest absolute Gasteiger partial charge is 0.133 e. The topological polar surface area (TPSA) is 0 Å². The molecule has 0 N–H and O–H groups in total. The molecule has 4 heteroatoms. The molecule has 0 saturated carbocycles. The van der Waals surface area contributed by atoms with Gasteiger partial charge in [-0.25, -0.2) is 0 Å². The minimum absolute atomic E-state index is 0. The zero-order valence-electron chi connectivity index (χ0n) is 19.7. The first-order valence-electron chi connectivity index (χ1n) is 11.3. The molecule has 2 aliphatic heterocycles. The second kappa shape index (κ2) is 15.3. The Morgan fingerprint density at radius 3 is 1.23 bits per heavy atom. The van der Waals surface area contributed by atoms with Crippen molar-refractivity contribution < 1.29 is 21.1 Å². The molecular weight excluding hydrogens is 600 g/mol. The van der Waals surface area contributed by atoms with Gasteiger partial charge in [-0.05, 0) is 78.8 Å². The van der Waals surface area contributed by atoms with Gasteiger partial charge in [-0.2, -0.15) is 36.4 Å². The van der Waals surface area contributed by atoms with E-state index in [-0.39, 0.29) is 36.9 Å². The average molecular weight is 643 g/mol. The van der Waals surface area contributed by atoms with Gasteiger partial charge in [0.15, 0.2) is 0 Å². The van der Waals surface area contributed by atoms with E-state index in [2.05, 4.69) is 71.4 Å². The van der Waals surface area contributed by atoms with Crippen LogP contribution in [0.25, 0.3) is 0 Å². The molecule has 2 heterocycles. The first kappa shape index (κ1) is 28.5. The maximum atomic E-state index is 2.89. The van der Waals surface area contributed by atoms with Gasteiger partial charge in [-0.15, -0.1) is 8.58 Å². The summed E-state index contributed by atoms with van der Waals surface area (Å²) >= 11 is 0. The van der Waals surface area contributed by atoms with Crippen molar-refractivity contribution in [3.05, 3.63) is 60.7 Å². The van der Waals surface area contributed by atoms with Crippen molar-refractivity contribution in [2.45, 2.75) is 76.0 Å². The molecule has 2 saturated heterocycles. The van der Waals surface area contributed by atoms with Crippen LogP contribution >= 0.6 is 24.4 Å². The van der Waals surface area contributed by atoms with Crippen LogP contribution in [0.5, 0.6) is 0 Å². The number of hydrogen-bond acceptors (Lipinski definition) is 0. The van der Waals surface area contributed by atoms with Crippen LogP contribution in [-0.2, 0) is 21.1 Å². The fraction of sp³-hybridized carbons (Fsp3) is 0.538. The largest absolute Gasteiger partial charge is 0.184 e. The molecule has 2 aliphatic rings. The molecule has 0 radical (unpaired) electrons. The van der Waals surface area contributed by atoms with E-state index in [0.29, 0.717) is 0 Å². The summed E-state index contributed by atoms with van der Waals surface area (Å²) in [6, 6.07) is 22.1. The normalized spacial score (nSPS) is 26.1. The molecule has 0 nitrogen and oxygen atoms in total. The van der Waals surface area contributed by atoms with Crippen LogP contribution in [0.3, 0.4) is 0 Å². The van der Waals surface area contributed by atoms with Crippen LogP contribution in [0.2, 0.25) is 0 Å². The van der Waals surface area contributed by atoms with Crippen LogP contribution in [-0.4, -0.2) is 36.0 Å². The number of benzene rings is 2. The third-order valence-corrected chi connectivity index (χ3v) is 14.1. The van der Waals surface area contributed by atoms with E-state index >= 15 is 0 Å². The van der Waals surface area contributed by atoms with Crippen LogP contribution in [0, 0.1) is 6.07 Å². The second-order valence-electron chi connectivity index (χ2n) is 8.79. The summed E-state index contributed by atoms with van der Waals surface area (Å²) in [6.07, 6.45) is 5.88. The van der Waals surface area contributed by atoms with Crippen molar-refractivity contribution in [3.63, 3.8) is 0 Å². The van der Waals surface area contributed by atoms with Crippen molar-refractivity contribution in [2.75, 3.05) is 13.3 Å². The Bertz CT molecular complexity index is 604. The Kier molecular flexibility index (Phi) is 14.5. The van der Waals surface area contributed by atoms with Gasteiger partial charge in [0.05, 0.1) is 22.6 Å². The summed E-state index contributed by atoms with van der Waals surface area (Å²) < 4.78 is 0. The molecule has 4 rings (SSSR count). The number of hydrogen-bond donors (Lipinski definition) is 0. The third-order valence-electron chi connectivity index (χ3n) is 6.35. The molecule has 0 aliphatic carbocycles. The van der Waals surface area contributed by atoms with E-state index in [9.17, 15) is 0 Å². The van der Waals surface area contributed by atoms with Crippen LogP contribution in [0.1, 0.15) is 53.4 Å². The van der Waals surface area contributed by atoms with Crippen molar-refractivity contribution >= 4 is 35.0 Å². The summed E-state index contributed by atoms with van der Waals surface area (Å²) in [5, 5.41) is 3.67. The molecule has 30 heavy (non-hydrogen) atoms. The van der Waals surface area contributed by atoms with Gasteiger partial charge < -0.3 is 0 Å². The first-order valence-corrected chi connectivity index (χ1v) is 16.6. The molecule has 4 atom stereocenters. The monoisotopic (exact) mass is 642 g/mol. The van der Waals surface area contributed by atoms with E-state index in [1.54, 1.807) is 0 Å². The quantitative estimate of drug-likeness (QED) is 0.247. The molecule has 2 aromatic rings. The maximum Gasteiger partial charge on any atom is 0.133 e. The zero-order valence-corrected chi connectivity index (χ0v) is 24.9. The van der Waals surface area contributed by atoms with E-state index in [4.69, 9.17) is 0 Å². The Morgan fingerprint density at radius 1 is 0.667 bits per heavy atom. The number of rotatable bonds is 2. The fourth-order valence-corrected chi connectivity index (χ4v) is 13.2. The summed E-state index contributed by atoms with van der Waals surface area (Å²) in [5.41, 5.74) is 3.91. The Labute approximate surface area is 205 Å². The van der Waals surface area contributed by atoms with Crippen molar-refractivity contribution in [1.29, 1.82) is 0 Å². The standard InChI is InChI=1S/C18H28P2.C6H5.C2H7P.Pt/c1-13-9-10-14(2)19(13)17-7-5-6-8-18(17)20-15(3)11-12-16(20)4;1-2-4-6-5-3-1;1-3-2;/h5-8,13-16H,9-12H2,1-4H3;1-5H;3H,1-2H3;/q;-1;;/p+2/t13-,14-,15-,16-;;;/m1.../s1. The van der Waals surface area contributed by atoms with E-state index in [0.717, 1.165) is 31.2 Å². The molecule has 0 aromatic heterocycles. The fourth-order valence-electron chi connectivity index (χ4n) is 4.98. The van der Waals surface area contributed by atoms with Crippen LogP contribution < -0.4 is 10.6 Å². The second-order valence-corrected chi connectivity index (χ2v) is 16.6. The van der Waals surface area contributed by atoms with E-state index in [1.165, 1.54) is 25.7 Å². The Morgan fingerprint density at radius 2 is 1.00 bits per heavy atom. The van der Waals surface area contributed by atoms with Gasteiger partial charge in [0.2, 0.25) is 0 Å². The molecule has 0 unspecified atom stereocenters. The van der Waals surface area contributed by atoms with E-state index < -0.39 is 0 Å². The molecule has 0 bridgehead atoms. The SMILES string of the molecule is CPC.C[C@@H]1CC[C@@H](C)[PH+]1c1ccccc1[PH+]1[C@H](C)CC[C@H]1C.[Pt].[c-]1ccccc1. The molecule has 0 amide bonds. The molecule has 2 fully saturated rings. The Balaban J connectivity index is 0.000000379. The molecule has 170 valence electrons.